The fourth-order valence-corrected chi connectivity index (χ4v) is 6.04. The highest BCUT2D eigenvalue weighted by Crippen LogP contribution is 2.55. The van der Waals surface area contributed by atoms with Crippen LogP contribution < -0.4 is 10.2 Å². The summed E-state index contributed by atoms with van der Waals surface area (Å²) in [7, 11) is 0. The molecular formula is C29H24N2O5. The van der Waals surface area contributed by atoms with Crippen molar-refractivity contribution >= 4 is 45.8 Å². The molecule has 1 aliphatic heterocycles. The van der Waals surface area contributed by atoms with Gasteiger partial charge in [-0.1, -0.05) is 54.1 Å². The van der Waals surface area contributed by atoms with E-state index in [1.165, 1.54) is 22.6 Å². The van der Waals surface area contributed by atoms with Crippen molar-refractivity contribution < 1.29 is 23.9 Å². The Morgan fingerprint density at radius 1 is 0.972 bits per heavy atom. The number of hydrogen-bond acceptors (Lipinski definition) is 5. The Bertz CT molecular complexity index is 1470. The summed E-state index contributed by atoms with van der Waals surface area (Å²) in [6, 6.07) is 19.5. The summed E-state index contributed by atoms with van der Waals surface area (Å²) < 4.78 is 5.23. The fraction of sp³-hybridized carbons (Fsp3) is 0.241. The molecule has 3 aromatic carbocycles. The SMILES string of the molecule is CC1=C[C@H]2C[C@H]1[C@@H]1C(=O)N(c3cccc(C(=O)OCC(=O)Nc4cccc5ccccc45)c3)C(=O)[C@@H]12. The molecule has 1 heterocycles. The molecule has 0 spiro atoms. The molecule has 180 valence electrons. The molecule has 1 saturated carbocycles. The van der Waals surface area contributed by atoms with E-state index in [0.717, 1.165) is 17.2 Å². The first kappa shape index (κ1) is 22.2. The molecule has 36 heavy (non-hydrogen) atoms. The molecule has 7 nitrogen and oxygen atoms in total. The van der Waals surface area contributed by atoms with Gasteiger partial charge in [0.15, 0.2) is 6.61 Å². The van der Waals surface area contributed by atoms with Crippen molar-refractivity contribution in [3.05, 3.63) is 83.9 Å². The summed E-state index contributed by atoms with van der Waals surface area (Å²) >= 11 is 0. The molecule has 3 aliphatic rings. The second kappa shape index (κ2) is 8.45. The van der Waals surface area contributed by atoms with Crippen LogP contribution >= 0.6 is 0 Å². The van der Waals surface area contributed by atoms with Crippen LogP contribution in [0.1, 0.15) is 23.7 Å². The van der Waals surface area contributed by atoms with Crippen molar-refractivity contribution in [1.82, 2.24) is 0 Å². The van der Waals surface area contributed by atoms with E-state index in [1.807, 2.05) is 43.3 Å². The van der Waals surface area contributed by atoms with Crippen LogP contribution in [0.15, 0.2) is 78.4 Å². The number of ether oxygens (including phenoxy) is 1. The molecule has 1 N–H and O–H groups in total. The van der Waals surface area contributed by atoms with Crippen LogP contribution in [0, 0.1) is 23.7 Å². The average Bonchev–Trinajstić information content (AvgIpc) is 3.52. The number of amides is 3. The minimum absolute atomic E-state index is 0.106. The van der Waals surface area contributed by atoms with Crippen LogP contribution in [0.4, 0.5) is 11.4 Å². The van der Waals surface area contributed by atoms with Crippen molar-refractivity contribution in [3.8, 4) is 0 Å². The van der Waals surface area contributed by atoms with Gasteiger partial charge in [-0.2, -0.15) is 0 Å². The number of imide groups is 1. The smallest absolute Gasteiger partial charge is 0.338 e. The van der Waals surface area contributed by atoms with Crippen LogP contribution in [0.2, 0.25) is 0 Å². The number of anilines is 2. The molecule has 3 amide bonds. The summed E-state index contributed by atoms with van der Waals surface area (Å²) in [5, 5.41) is 4.65. The van der Waals surface area contributed by atoms with E-state index in [-0.39, 0.29) is 41.0 Å². The molecule has 2 aliphatic carbocycles. The van der Waals surface area contributed by atoms with Gasteiger partial charge in [0.2, 0.25) is 11.8 Å². The number of carbonyl (C=O) groups is 4. The van der Waals surface area contributed by atoms with E-state index in [1.54, 1.807) is 18.2 Å². The zero-order valence-corrected chi connectivity index (χ0v) is 19.6. The number of allylic oxidation sites excluding steroid dienone is 2. The average molecular weight is 481 g/mol. The van der Waals surface area contributed by atoms with Crippen molar-refractivity contribution in [2.75, 3.05) is 16.8 Å². The molecule has 6 rings (SSSR count). The Morgan fingerprint density at radius 3 is 2.58 bits per heavy atom. The minimum Gasteiger partial charge on any atom is -0.452 e. The number of rotatable bonds is 5. The maximum Gasteiger partial charge on any atom is 0.338 e. The summed E-state index contributed by atoms with van der Waals surface area (Å²) in [4.78, 5) is 52.7. The number of esters is 1. The van der Waals surface area contributed by atoms with Crippen LogP contribution in [-0.2, 0) is 19.1 Å². The third-order valence-corrected chi connectivity index (χ3v) is 7.62. The molecule has 4 atom stereocenters. The molecule has 1 saturated heterocycles. The first-order valence-electron chi connectivity index (χ1n) is 12.0. The van der Waals surface area contributed by atoms with Crippen molar-refractivity contribution in [2.24, 2.45) is 23.7 Å². The first-order chi connectivity index (χ1) is 17.4. The van der Waals surface area contributed by atoms with E-state index < -0.39 is 18.5 Å². The lowest BCUT2D eigenvalue weighted by Crippen LogP contribution is -2.33. The first-order valence-corrected chi connectivity index (χ1v) is 12.0. The van der Waals surface area contributed by atoms with Crippen LogP contribution in [0.25, 0.3) is 10.8 Å². The van der Waals surface area contributed by atoms with Gasteiger partial charge in [-0.25, -0.2) is 9.69 Å². The van der Waals surface area contributed by atoms with Gasteiger partial charge in [-0.05, 0) is 54.8 Å². The van der Waals surface area contributed by atoms with E-state index in [4.69, 9.17) is 4.74 Å². The van der Waals surface area contributed by atoms with E-state index in [2.05, 4.69) is 11.4 Å². The molecule has 3 aromatic rings. The monoisotopic (exact) mass is 480 g/mol. The summed E-state index contributed by atoms with van der Waals surface area (Å²) in [5.74, 6) is -2.00. The topological polar surface area (TPSA) is 92.8 Å². The van der Waals surface area contributed by atoms with Gasteiger partial charge in [0, 0.05) is 11.1 Å². The van der Waals surface area contributed by atoms with Crippen molar-refractivity contribution in [1.29, 1.82) is 0 Å². The Hall–Kier alpha value is -4.26. The number of carbonyl (C=O) groups excluding carboxylic acids is 4. The molecule has 0 radical (unpaired) electrons. The Labute approximate surface area is 207 Å². The Kier molecular flexibility index (Phi) is 5.21. The van der Waals surface area contributed by atoms with Gasteiger partial charge in [0.25, 0.3) is 5.91 Å². The van der Waals surface area contributed by atoms with E-state index in [9.17, 15) is 19.2 Å². The second-order valence-corrected chi connectivity index (χ2v) is 9.68. The highest BCUT2D eigenvalue weighted by atomic mass is 16.5. The fourth-order valence-electron chi connectivity index (χ4n) is 6.04. The number of fused-ring (bicyclic) bond motifs is 6. The van der Waals surface area contributed by atoms with Crippen LogP contribution in [-0.4, -0.2) is 30.3 Å². The largest absolute Gasteiger partial charge is 0.452 e. The molecule has 0 unspecified atom stereocenters. The molecular weight excluding hydrogens is 456 g/mol. The van der Waals surface area contributed by atoms with E-state index >= 15 is 0 Å². The lowest BCUT2D eigenvalue weighted by molar-refractivity contribution is -0.123. The number of hydrogen-bond donors (Lipinski definition) is 1. The molecule has 2 fully saturated rings. The van der Waals surface area contributed by atoms with Gasteiger partial charge >= 0.3 is 5.97 Å². The quantitative estimate of drug-likeness (QED) is 0.333. The zero-order chi connectivity index (χ0) is 25.0. The normalized spacial score (nSPS) is 24.1. The third-order valence-electron chi connectivity index (χ3n) is 7.62. The molecule has 7 heteroatoms. The minimum atomic E-state index is -0.707. The maximum absolute atomic E-state index is 13.2. The van der Waals surface area contributed by atoms with Gasteiger partial charge in [-0.3, -0.25) is 14.4 Å². The van der Waals surface area contributed by atoms with Crippen LogP contribution in [0.3, 0.4) is 0 Å². The maximum atomic E-state index is 13.2. The summed E-state index contributed by atoms with van der Waals surface area (Å²) in [6.07, 6.45) is 2.98. The Morgan fingerprint density at radius 2 is 1.72 bits per heavy atom. The lowest BCUT2D eigenvalue weighted by Gasteiger charge is -2.19. The van der Waals surface area contributed by atoms with Gasteiger partial charge < -0.3 is 10.1 Å². The van der Waals surface area contributed by atoms with Crippen molar-refractivity contribution in [3.63, 3.8) is 0 Å². The third kappa shape index (κ3) is 3.50. The predicted molar refractivity (Wildman–Crippen MR) is 134 cm³/mol. The zero-order valence-electron chi connectivity index (χ0n) is 19.6. The molecule has 2 bridgehead atoms. The van der Waals surface area contributed by atoms with E-state index in [0.29, 0.717) is 11.4 Å². The summed E-state index contributed by atoms with van der Waals surface area (Å²) in [5.41, 5.74) is 2.33. The number of benzene rings is 3. The van der Waals surface area contributed by atoms with Gasteiger partial charge in [0.1, 0.15) is 0 Å². The summed E-state index contributed by atoms with van der Waals surface area (Å²) in [6.45, 7) is 1.56. The number of nitrogens with one attached hydrogen (secondary N) is 1. The lowest BCUT2D eigenvalue weighted by atomic mass is 9.82. The van der Waals surface area contributed by atoms with Gasteiger partial charge in [0.05, 0.1) is 23.1 Å². The Balaban J connectivity index is 1.13. The highest BCUT2D eigenvalue weighted by molar-refractivity contribution is 6.23. The van der Waals surface area contributed by atoms with Crippen molar-refractivity contribution in [2.45, 2.75) is 13.3 Å². The van der Waals surface area contributed by atoms with Crippen LogP contribution in [0.5, 0.6) is 0 Å². The standard InChI is InChI=1S/C29H24N2O5/c1-16-12-19-14-22(16)26-25(19)27(33)31(28(26)34)20-9-4-8-18(13-20)29(35)36-15-24(32)30-23-11-5-7-17-6-2-3-10-21(17)23/h2-13,19,22,25-26H,14-15H2,1H3,(H,30,32)/t19-,22+,25+,26-/m0/s1. The highest BCUT2D eigenvalue weighted by Gasteiger charge is 2.60. The second-order valence-electron chi connectivity index (χ2n) is 9.68. The molecule has 0 aromatic heterocycles. The number of nitrogens with zero attached hydrogens (tertiary/aromatic N) is 1. The van der Waals surface area contributed by atoms with Gasteiger partial charge in [-0.15, -0.1) is 0 Å². The predicted octanol–water partition coefficient (Wildman–Crippen LogP) is 4.34.